The highest BCUT2D eigenvalue weighted by Gasteiger charge is 2.35. The van der Waals surface area contributed by atoms with Gasteiger partial charge >= 0.3 is 6.09 Å². The number of carbonyl (C=O) groups is 2. The zero-order valence-corrected chi connectivity index (χ0v) is 18.3. The molecular formula is C25H38N2O3. The summed E-state index contributed by atoms with van der Waals surface area (Å²) in [5, 5.41) is 3.28. The Labute approximate surface area is 181 Å². The molecule has 5 nitrogen and oxygen atoms in total. The van der Waals surface area contributed by atoms with E-state index in [1.165, 1.54) is 57.8 Å². The van der Waals surface area contributed by atoms with E-state index in [-0.39, 0.29) is 24.6 Å². The monoisotopic (exact) mass is 414 g/mol. The number of nitrogens with zero attached hydrogens (tertiary/aromatic N) is 1. The first-order chi connectivity index (χ1) is 14.7. The van der Waals surface area contributed by atoms with Gasteiger partial charge in [0, 0.05) is 12.6 Å². The van der Waals surface area contributed by atoms with Crippen molar-refractivity contribution >= 4 is 12.0 Å². The van der Waals surface area contributed by atoms with E-state index in [1.54, 1.807) is 4.90 Å². The van der Waals surface area contributed by atoms with E-state index in [1.807, 2.05) is 30.3 Å². The smallest absolute Gasteiger partial charge is 0.410 e. The molecule has 3 rings (SSSR count). The Morgan fingerprint density at radius 1 is 0.833 bits per heavy atom. The fourth-order valence-electron chi connectivity index (χ4n) is 4.66. The molecule has 1 aliphatic carbocycles. The second-order valence-electron chi connectivity index (χ2n) is 8.86. The average Bonchev–Trinajstić information content (AvgIpc) is 3.25. The third kappa shape index (κ3) is 7.33. The minimum atomic E-state index is -0.394. The first-order valence-electron chi connectivity index (χ1n) is 12.0. The summed E-state index contributed by atoms with van der Waals surface area (Å²) < 4.78 is 5.48. The summed E-state index contributed by atoms with van der Waals surface area (Å²) in [6.45, 7) is 0.837. The minimum absolute atomic E-state index is 0.00116. The lowest BCUT2D eigenvalue weighted by atomic mass is 9.97. The SMILES string of the molecule is O=C(NC1CCCCCCCCCCC1)C1CCCN1C(=O)OCc1ccccc1. The van der Waals surface area contributed by atoms with Gasteiger partial charge in [0.25, 0.3) is 0 Å². The van der Waals surface area contributed by atoms with E-state index in [0.29, 0.717) is 6.54 Å². The van der Waals surface area contributed by atoms with E-state index in [4.69, 9.17) is 4.74 Å². The number of hydrogen-bond acceptors (Lipinski definition) is 3. The number of likely N-dealkylation sites (tertiary alicyclic amines) is 1. The number of rotatable bonds is 4. The minimum Gasteiger partial charge on any atom is -0.445 e. The maximum absolute atomic E-state index is 13.0. The summed E-state index contributed by atoms with van der Waals surface area (Å²) in [4.78, 5) is 27.2. The van der Waals surface area contributed by atoms with Crippen molar-refractivity contribution in [2.75, 3.05) is 6.54 Å². The van der Waals surface area contributed by atoms with E-state index in [9.17, 15) is 9.59 Å². The number of hydrogen-bond donors (Lipinski definition) is 1. The van der Waals surface area contributed by atoms with Crippen LogP contribution >= 0.6 is 0 Å². The Balaban J connectivity index is 1.49. The molecule has 30 heavy (non-hydrogen) atoms. The van der Waals surface area contributed by atoms with Crippen LogP contribution in [0.15, 0.2) is 30.3 Å². The second kappa shape index (κ2) is 12.6. The van der Waals surface area contributed by atoms with E-state index >= 15 is 0 Å². The Bertz CT molecular complexity index is 637. The zero-order valence-electron chi connectivity index (χ0n) is 18.3. The van der Waals surface area contributed by atoms with Gasteiger partial charge in [0.1, 0.15) is 12.6 Å². The third-order valence-corrected chi connectivity index (χ3v) is 6.45. The van der Waals surface area contributed by atoms with E-state index in [2.05, 4.69) is 5.32 Å². The van der Waals surface area contributed by atoms with Crippen LogP contribution in [0.1, 0.15) is 89.0 Å². The summed E-state index contributed by atoms with van der Waals surface area (Å²) in [6.07, 6.45) is 14.9. The molecule has 2 aliphatic rings. The fraction of sp³-hybridized carbons (Fsp3) is 0.680. The summed E-state index contributed by atoms with van der Waals surface area (Å²) in [7, 11) is 0. The number of benzene rings is 1. The quantitative estimate of drug-likeness (QED) is 0.700. The summed E-state index contributed by atoms with van der Waals surface area (Å²) in [5.41, 5.74) is 0.958. The molecule has 1 saturated heterocycles. The van der Waals surface area contributed by atoms with Gasteiger partial charge in [-0.25, -0.2) is 4.79 Å². The van der Waals surface area contributed by atoms with Crippen molar-refractivity contribution < 1.29 is 14.3 Å². The predicted octanol–water partition coefficient (Wildman–Crippen LogP) is 5.58. The van der Waals surface area contributed by atoms with E-state index in [0.717, 1.165) is 31.2 Å². The van der Waals surface area contributed by atoms with Crippen molar-refractivity contribution in [3.05, 3.63) is 35.9 Å². The van der Waals surface area contributed by atoms with Crippen molar-refractivity contribution in [1.29, 1.82) is 0 Å². The molecule has 1 aliphatic heterocycles. The van der Waals surface area contributed by atoms with Crippen molar-refractivity contribution in [3.63, 3.8) is 0 Å². The molecule has 1 unspecified atom stereocenters. The third-order valence-electron chi connectivity index (χ3n) is 6.45. The molecule has 1 heterocycles. The lowest BCUT2D eigenvalue weighted by molar-refractivity contribution is -0.126. The Kier molecular flexibility index (Phi) is 9.52. The van der Waals surface area contributed by atoms with Crippen LogP contribution in [-0.2, 0) is 16.1 Å². The molecule has 1 atom stereocenters. The highest BCUT2D eigenvalue weighted by Crippen LogP contribution is 2.21. The predicted molar refractivity (Wildman–Crippen MR) is 119 cm³/mol. The largest absolute Gasteiger partial charge is 0.445 e. The molecule has 0 radical (unpaired) electrons. The van der Waals surface area contributed by atoms with Crippen LogP contribution < -0.4 is 5.32 Å². The summed E-state index contributed by atoms with van der Waals surface area (Å²) in [6, 6.07) is 9.51. The molecule has 2 amide bonds. The van der Waals surface area contributed by atoms with Crippen LogP contribution in [0, 0.1) is 0 Å². The molecule has 1 aromatic rings. The van der Waals surface area contributed by atoms with Gasteiger partial charge in [0.05, 0.1) is 0 Å². The van der Waals surface area contributed by atoms with Crippen molar-refractivity contribution in [2.45, 2.75) is 102 Å². The normalized spacial score (nSPS) is 22.0. The van der Waals surface area contributed by atoms with Crippen molar-refractivity contribution in [2.24, 2.45) is 0 Å². The highest BCUT2D eigenvalue weighted by atomic mass is 16.6. The van der Waals surface area contributed by atoms with Gasteiger partial charge in [-0.3, -0.25) is 9.69 Å². The van der Waals surface area contributed by atoms with Gasteiger partial charge < -0.3 is 10.1 Å². The molecule has 1 aromatic carbocycles. The number of carbonyl (C=O) groups excluding carboxylic acids is 2. The molecule has 5 heteroatoms. The molecule has 0 spiro atoms. The van der Waals surface area contributed by atoms with Crippen LogP contribution in [0.2, 0.25) is 0 Å². The maximum atomic E-state index is 13.0. The van der Waals surface area contributed by atoms with Crippen LogP contribution in [0.25, 0.3) is 0 Å². The zero-order chi connectivity index (χ0) is 21.0. The van der Waals surface area contributed by atoms with Crippen LogP contribution in [0.4, 0.5) is 4.79 Å². The molecule has 0 aromatic heterocycles. The highest BCUT2D eigenvalue weighted by molar-refractivity contribution is 5.86. The Morgan fingerprint density at radius 2 is 1.43 bits per heavy atom. The lowest BCUT2D eigenvalue weighted by Crippen LogP contribution is -2.49. The van der Waals surface area contributed by atoms with Gasteiger partial charge in [-0.15, -0.1) is 0 Å². The number of ether oxygens (including phenoxy) is 1. The fourth-order valence-corrected chi connectivity index (χ4v) is 4.66. The molecule has 1 saturated carbocycles. The average molecular weight is 415 g/mol. The molecule has 166 valence electrons. The Hall–Kier alpha value is -2.04. The number of nitrogens with one attached hydrogen (secondary N) is 1. The topological polar surface area (TPSA) is 58.6 Å². The van der Waals surface area contributed by atoms with Gasteiger partial charge in [0.15, 0.2) is 0 Å². The van der Waals surface area contributed by atoms with Gasteiger partial charge in [-0.05, 0) is 31.2 Å². The van der Waals surface area contributed by atoms with Gasteiger partial charge in [0.2, 0.25) is 5.91 Å². The van der Waals surface area contributed by atoms with Crippen molar-refractivity contribution in [3.8, 4) is 0 Å². The second-order valence-corrected chi connectivity index (χ2v) is 8.86. The lowest BCUT2D eigenvalue weighted by Gasteiger charge is -2.26. The number of amides is 2. The van der Waals surface area contributed by atoms with E-state index < -0.39 is 6.04 Å². The molecular weight excluding hydrogens is 376 g/mol. The standard InChI is InChI=1S/C25H38N2O3/c28-24(26-22-16-11-6-4-2-1-3-5-7-12-17-22)23-18-13-19-27(23)25(29)30-20-21-14-9-8-10-15-21/h8-10,14-15,22-23H,1-7,11-13,16-20H2,(H,26,28). The maximum Gasteiger partial charge on any atom is 0.410 e. The first kappa shape index (κ1) is 22.6. The van der Waals surface area contributed by atoms with Crippen LogP contribution in [-0.4, -0.2) is 35.5 Å². The summed E-state index contributed by atoms with van der Waals surface area (Å²) >= 11 is 0. The van der Waals surface area contributed by atoms with Crippen LogP contribution in [0.3, 0.4) is 0 Å². The summed E-state index contributed by atoms with van der Waals surface area (Å²) in [5.74, 6) is 0.00116. The first-order valence-corrected chi connectivity index (χ1v) is 12.0. The van der Waals surface area contributed by atoms with Gasteiger partial charge in [-0.2, -0.15) is 0 Å². The Morgan fingerprint density at radius 3 is 2.07 bits per heavy atom. The molecule has 1 N–H and O–H groups in total. The van der Waals surface area contributed by atoms with Gasteiger partial charge in [-0.1, -0.05) is 88.1 Å². The van der Waals surface area contributed by atoms with Crippen molar-refractivity contribution in [1.82, 2.24) is 10.2 Å². The molecule has 0 bridgehead atoms. The molecule has 2 fully saturated rings. The van der Waals surface area contributed by atoms with Crippen LogP contribution in [0.5, 0.6) is 0 Å².